The van der Waals surface area contributed by atoms with Crippen molar-refractivity contribution in [1.29, 1.82) is 0 Å². The van der Waals surface area contributed by atoms with Gasteiger partial charge < -0.3 is 0 Å². The highest BCUT2D eigenvalue weighted by molar-refractivity contribution is 9.10. The summed E-state index contributed by atoms with van der Waals surface area (Å²) in [4.78, 5) is 0. The number of benzene rings is 1. The van der Waals surface area contributed by atoms with Crippen LogP contribution in [-0.4, -0.2) is 5.88 Å². The van der Waals surface area contributed by atoms with Gasteiger partial charge in [0, 0.05) is 10.4 Å². The molecule has 15 heavy (non-hydrogen) atoms. The molecule has 0 aliphatic heterocycles. The van der Waals surface area contributed by atoms with Gasteiger partial charge in [0.05, 0.1) is 0 Å². The Hall–Kier alpha value is -0.0100. The average Bonchev–Trinajstić information content (AvgIpc) is 2.17. The lowest BCUT2D eigenvalue weighted by Crippen LogP contribution is -2.28. The van der Waals surface area contributed by atoms with Crippen molar-refractivity contribution in [3.8, 4) is 0 Å². The van der Waals surface area contributed by atoms with Crippen LogP contribution in [0.1, 0.15) is 26.3 Å². The van der Waals surface area contributed by atoms with Crippen molar-refractivity contribution < 1.29 is 0 Å². The predicted octanol–water partition coefficient (Wildman–Crippen LogP) is 4.89. The molecule has 0 heterocycles. The topological polar surface area (TPSA) is 0 Å². The summed E-state index contributed by atoms with van der Waals surface area (Å²) in [5.41, 5.74) is 1.53. The summed E-state index contributed by atoms with van der Waals surface area (Å²) in [6.07, 6.45) is 1.04. The van der Waals surface area contributed by atoms with Crippen molar-refractivity contribution in [3.63, 3.8) is 0 Å². The molecule has 2 heteroatoms. The van der Waals surface area contributed by atoms with E-state index in [1.54, 1.807) is 0 Å². The maximum atomic E-state index is 6.08. The van der Waals surface area contributed by atoms with E-state index in [0.29, 0.717) is 11.8 Å². The third-order valence-corrected chi connectivity index (χ3v) is 4.30. The first-order chi connectivity index (χ1) is 6.98. The minimum absolute atomic E-state index is 0.183. The molecule has 0 spiro atoms. The lowest BCUT2D eigenvalue weighted by atomic mass is 9.76. The second-order valence-electron chi connectivity index (χ2n) is 4.75. The van der Waals surface area contributed by atoms with E-state index in [2.05, 4.69) is 61.0 Å². The van der Waals surface area contributed by atoms with Crippen LogP contribution >= 0.6 is 27.5 Å². The SMILES string of the molecule is CC(C)C(C)(CCl)Cc1cccc(Br)c1. The molecule has 1 unspecified atom stereocenters. The van der Waals surface area contributed by atoms with Gasteiger partial charge in [-0.3, -0.25) is 0 Å². The highest BCUT2D eigenvalue weighted by Gasteiger charge is 2.27. The van der Waals surface area contributed by atoms with Gasteiger partial charge in [0.25, 0.3) is 0 Å². The molecular weight excluding hydrogens is 272 g/mol. The molecular formula is C13H18BrCl. The van der Waals surface area contributed by atoms with Gasteiger partial charge in [0.1, 0.15) is 0 Å². The summed E-state index contributed by atoms with van der Waals surface area (Å²) in [6, 6.07) is 8.47. The zero-order valence-electron chi connectivity index (χ0n) is 9.56. The Balaban J connectivity index is 2.84. The second kappa shape index (κ2) is 5.36. The summed E-state index contributed by atoms with van der Waals surface area (Å²) >= 11 is 9.58. The molecule has 0 aliphatic carbocycles. The molecule has 0 saturated carbocycles. The zero-order chi connectivity index (χ0) is 11.5. The highest BCUT2D eigenvalue weighted by atomic mass is 79.9. The van der Waals surface area contributed by atoms with Crippen LogP contribution < -0.4 is 0 Å². The monoisotopic (exact) mass is 288 g/mol. The maximum absolute atomic E-state index is 6.08. The van der Waals surface area contributed by atoms with Gasteiger partial charge in [0.15, 0.2) is 0 Å². The molecule has 0 nitrogen and oxygen atoms in total. The van der Waals surface area contributed by atoms with Gasteiger partial charge in [-0.05, 0) is 35.4 Å². The number of hydrogen-bond donors (Lipinski definition) is 0. The Kier molecular flexibility index (Phi) is 4.66. The molecule has 0 aliphatic rings. The Bertz CT molecular complexity index is 322. The zero-order valence-corrected chi connectivity index (χ0v) is 11.9. The molecule has 0 aromatic heterocycles. The molecule has 0 N–H and O–H groups in total. The molecule has 0 bridgehead atoms. The molecule has 1 aromatic carbocycles. The molecule has 0 radical (unpaired) electrons. The van der Waals surface area contributed by atoms with E-state index >= 15 is 0 Å². The second-order valence-corrected chi connectivity index (χ2v) is 5.93. The van der Waals surface area contributed by atoms with E-state index in [-0.39, 0.29) is 5.41 Å². The Morgan fingerprint density at radius 3 is 2.53 bits per heavy atom. The van der Waals surface area contributed by atoms with Gasteiger partial charge in [-0.25, -0.2) is 0 Å². The third-order valence-electron chi connectivity index (χ3n) is 3.20. The van der Waals surface area contributed by atoms with Gasteiger partial charge in [0.2, 0.25) is 0 Å². The molecule has 0 amide bonds. The summed E-state index contributed by atoms with van der Waals surface area (Å²) < 4.78 is 1.14. The normalized spacial score (nSPS) is 15.3. The lowest BCUT2D eigenvalue weighted by Gasteiger charge is -2.31. The van der Waals surface area contributed by atoms with Crippen molar-refractivity contribution in [2.75, 3.05) is 5.88 Å². The predicted molar refractivity (Wildman–Crippen MR) is 71.5 cm³/mol. The van der Waals surface area contributed by atoms with Crippen molar-refractivity contribution >= 4 is 27.5 Å². The minimum Gasteiger partial charge on any atom is -0.126 e. The minimum atomic E-state index is 0.183. The van der Waals surface area contributed by atoms with Gasteiger partial charge >= 0.3 is 0 Å². The van der Waals surface area contributed by atoms with E-state index in [9.17, 15) is 0 Å². The Morgan fingerprint density at radius 2 is 2.07 bits per heavy atom. The fraction of sp³-hybridized carbons (Fsp3) is 0.538. The standard InChI is InChI=1S/C13H18BrCl/c1-10(2)13(3,9-15)8-11-5-4-6-12(14)7-11/h4-7,10H,8-9H2,1-3H3. The fourth-order valence-corrected chi connectivity index (χ4v) is 2.37. The smallest absolute Gasteiger partial charge is 0.0282 e. The first-order valence-corrected chi connectivity index (χ1v) is 6.61. The summed E-state index contributed by atoms with van der Waals surface area (Å²) in [6.45, 7) is 6.73. The first kappa shape index (κ1) is 13.1. The van der Waals surface area contributed by atoms with E-state index < -0.39 is 0 Å². The molecule has 1 rings (SSSR count). The van der Waals surface area contributed by atoms with Crippen LogP contribution in [0.4, 0.5) is 0 Å². The van der Waals surface area contributed by atoms with Crippen molar-refractivity contribution in [2.45, 2.75) is 27.2 Å². The summed E-state index contributed by atoms with van der Waals surface area (Å²) in [5, 5.41) is 0. The maximum Gasteiger partial charge on any atom is 0.0282 e. The van der Waals surface area contributed by atoms with Crippen molar-refractivity contribution in [3.05, 3.63) is 34.3 Å². The van der Waals surface area contributed by atoms with E-state index in [1.807, 2.05) is 0 Å². The summed E-state index contributed by atoms with van der Waals surface area (Å²) in [5.74, 6) is 1.30. The number of hydrogen-bond acceptors (Lipinski definition) is 0. The molecule has 0 fully saturated rings. The summed E-state index contributed by atoms with van der Waals surface area (Å²) in [7, 11) is 0. The van der Waals surface area contributed by atoms with E-state index in [4.69, 9.17) is 11.6 Å². The van der Waals surface area contributed by atoms with E-state index in [1.165, 1.54) is 5.56 Å². The van der Waals surface area contributed by atoms with Crippen LogP contribution in [0.2, 0.25) is 0 Å². The highest BCUT2D eigenvalue weighted by Crippen LogP contribution is 2.33. The van der Waals surface area contributed by atoms with Crippen molar-refractivity contribution in [1.82, 2.24) is 0 Å². The van der Waals surface area contributed by atoms with E-state index in [0.717, 1.165) is 10.9 Å². The molecule has 0 saturated heterocycles. The van der Waals surface area contributed by atoms with Crippen LogP contribution in [-0.2, 0) is 6.42 Å². The van der Waals surface area contributed by atoms with Gasteiger partial charge in [-0.15, -0.1) is 11.6 Å². The molecule has 1 atom stereocenters. The van der Waals surface area contributed by atoms with Crippen molar-refractivity contribution in [2.24, 2.45) is 11.3 Å². The average molecular weight is 290 g/mol. The van der Waals surface area contributed by atoms with Crippen LogP contribution in [0.25, 0.3) is 0 Å². The number of halogens is 2. The fourth-order valence-electron chi connectivity index (χ4n) is 1.52. The number of rotatable bonds is 4. The Morgan fingerprint density at radius 1 is 1.40 bits per heavy atom. The van der Waals surface area contributed by atoms with Crippen LogP contribution in [0.3, 0.4) is 0 Å². The number of alkyl halides is 1. The van der Waals surface area contributed by atoms with Crippen LogP contribution in [0.5, 0.6) is 0 Å². The lowest BCUT2D eigenvalue weighted by molar-refractivity contribution is 0.253. The molecule has 1 aromatic rings. The van der Waals surface area contributed by atoms with Crippen LogP contribution in [0, 0.1) is 11.3 Å². The third kappa shape index (κ3) is 3.49. The first-order valence-electron chi connectivity index (χ1n) is 5.28. The quantitative estimate of drug-likeness (QED) is 0.692. The van der Waals surface area contributed by atoms with Gasteiger partial charge in [-0.1, -0.05) is 48.8 Å². The van der Waals surface area contributed by atoms with Gasteiger partial charge in [-0.2, -0.15) is 0 Å². The molecule has 84 valence electrons. The largest absolute Gasteiger partial charge is 0.126 e. The Labute approximate surface area is 106 Å². The van der Waals surface area contributed by atoms with Crippen LogP contribution in [0.15, 0.2) is 28.7 Å².